The molecule has 1 aliphatic carbocycles. The van der Waals surface area contributed by atoms with Gasteiger partial charge in [0.1, 0.15) is 5.75 Å². The van der Waals surface area contributed by atoms with Crippen molar-refractivity contribution < 1.29 is 23.9 Å². The highest BCUT2D eigenvalue weighted by molar-refractivity contribution is 5.94. The van der Waals surface area contributed by atoms with Crippen molar-refractivity contribution in [2.75, 3.05) is 11.9 Å². The Morgan fingerprint density at radius 3 is 2.26 bits per heavy atom. The first-order valence-electron chi connectivity index (χ1n) is 10.7. The van der Waals surface area contributed by atoms with Crippen LogP contribution >= 0.6 is 0 Å². The van der Waals surface area contributed by atoms with E-state index in [9.17, 15) is 14.4 Å². The first kappa shape index (κ1) is 22.3. The van der Waals surface area contributed by atoms with Gasteiger partial charge in [0.2, 0.25) is 5.91 Å². The Bertz CT molecular complexity index is 887. The van der Waals surface area contributed by atoms with Crippen LogP contribution in [0.1, 0.15) is 54.9 Å². The Morgan fingerprint density at radius 2 is 1.61 bits per heavy atom. The second kappa shape index (κ2) is 11.2. The van der Waals surface area contributed by atoms with Gasteiger partial charge in [0.05, 0.1) is 6.61 Å². The minimum atomic E-state index is -0.780. The zero-order valence-corrected chi connectivity index (χ0v) is 17.7. The molecular weight excluding hydrogens is 396 g/mol. The Hall–Kier alpha value is -3.35. The van der Waals surface area contributed by atoms with Crippen molar-refractivity contribution in [3.05, 3.63) is 59.7 Å². The van der Waals surface area contributed by atoms with Crippen molar-refractivity contribution in [3.8, 4) is 5.75 Å². The largest absolute Gasteiger partial charge is 0.513 e. The number of amides is 2. The molecule has 1 aliphatic rings. The summed E-state index contributed by atoms with van der Waals surface area (Å²) < 4.78 is 9.68. The molecule has 2 amide bonds. The average molecular weight is 424 g/mol. The van der Waals surface area contributed by atoms with Gasteiger partial charge in [-0.1, -0.05) is 31.4 Å². The lowest BCUT2D eigenvalue weighted by atomic mass is 9.88. The number of carbonyl (C=O) groups is 3. The molecule has 2 aromatic rings. The molecule has 0 heterocycles. The van der Waals surface area contributed by atoms with Gasteiger partial charge in [-0.25, -0.2) is 4.79 Å². The summed E-state index contributed by atoms with van der Waals surface area (Å²) in [4.78, 5) is 36.0. The van der Waals surface area contributed by atoms with E-state index in [4.69, 9.17) is 9.47 Å². The summed E-state index contributed by atoms with van der Waals surface area (Å²) in [6.45, 7) is 2.28. The first-order valence-corrected chi connectivity index (χ1v) is 10.7. The number of rotatable bonds is 7. The van der Waals surface area contributed by atoms with Crippen LogP contribution in [0.25, 0.3) is 0 Å². The van der Waals surface area contributed by atoms with Crippen LogP contribution in [0.15, 0.2) is 48.5 Å². The molecule has 0 unspecified atom stereocenters. The molecule has 1 fully saturated rings. The number of hydrogen-bond acceptors (Lipinski definition) is 5. The van der Waals surface area contributed by atoms with Gasteiger partial charge in [0.15, 0.2) is 0 Å². The highest BCUT2D eigenvalue weighted by atomic mass is 16.7. The van der Waals surface area contributed by atoms with Crippen molar-refractivity contribution in [3.63, 3.8) is 0 Å². The van der Waals surface area contributed by atoms with Gasteiger partial charge in [-0.15, -0.1) is 0 Å². The maximum absolute atomic E-state index is 12.3. The number of carbonyl (C=O) groups excluding carboxylic acids is 3. The number of hydrogen-bond donors (Lipinski definition) is 2. The van der Waals surface area contributed by atoms with Crippen LogP contribution in [0.3, 0.4) is 0 Å². The minimum absolute atomic E-state index is 0.0936. The van der Waals surface area contributed by atoms with Gasteiger partial charge >= 0.3 is 6.16 Å². The van der Waals surface area contributed by atoms with Crippen LogP contribution in [-0.2, 0) is 16.1 Å². The van der Waals surface area contributed by atoms with Gasteiger partial charge in [-0.05, 0) is 61.7 Å². The summed E-state index contributed by atoms with van der Waals surface area (Å²) in [7, 11) is 0. The predicted octanol–water partition coefficient (Wildman–Crippen LogP) is 4.67. The molecule has 0 atom stereocenters. The van der Waals surface area contributed by atoms with E-state index in [-0.39, 0.29) is 24.3 Å². The van der Waals surface area contributed by atoms with Crippen LogP contribution in [0.4, 0.5) is 10.5 Å². The molecule has 0 bridgehead atoms. The molecule has 7 nitrogen and oxygen atoms in total. The highest BCUT2D eigenvalue weighted by Crippen LogP contribution is 2.25. The Morgan fingerprint density at radius 1 is 0.935 bits per heavy atom. The SMILES string of the molecule is CCOC(=O)Oc1ccc(C(=O)NCc2ccc(NC(=O)C3CCCCC3)cc2)cc1. The average Bonchev–Trinajstić information content (AvgIpc) is 2.79. The molecule has 164 valence electrons. The summed E-state index contributed by atoms with van der Waals surface area (Å²) in [6, 6.07) is 13.7. The molecule has 0 saturated heterocycles. The second-order valence-corrected chi connectivity index (χ2v) is 7.51. The topological polar surface area (TPSA) is 93.7 Å². The number of benzene rings is 2. The lowest BCUT2D eigenvalue weighted by Crippen LogP contribution is -2.24. The zero-order chi connectivity index (χ0) is 22.1. The van der Waals surface area contributed by atoms with E-state index in [2.05, 4.69) is 10.6 Å². The number of nitrogens with one attached hydrogen (secondary N) is 2. The molecule has 0 spiro atoms. The van der Waals surface area contributed by atoms with E-state index >= 15 is 0 Å². The fourth-order valence-corrected chi connectivity index (χ4v) is 3.52. The number of ether oxygens (including phenoxy) is 2. The normalized spacial score (nSPS) is 13.8. The van der Waals surface area contributed by atoms with E-state index in [1.807, 2.05) is 24.3 Å². The molecule has 31 heavy (non-hydrogen) atoms. The fraction of sp³-hybridized carbons (Fsp3) is 0.375. The van der Waals surface area contributed by atoms with Crippen LogP contribution in [0, 0.1) is 5.92 Å². The van der Waals surface area contributed by atoms with Crippen LogP contribution < -0.4 is 15.4 Å². The van der Waals surface area contributed by atoms with Crippen molar-refractivity contribution in [2.45, 2.75) is 45.6 Å². The molecule has 0 aromatic heterocycles. The summed E-state index contributed by atoms with van der Waals surface area (Å²) in [5.74, 6) is 0.274. The van der Waals surface area contributed by atoms with Gasteiger partial charge in [-0.3, -0.25) is 9.59 Å². The van der Waals surface area contributed by atoms with Gasteiger partial charge in [0.25, 0.3) is 5.91 Å². The van der Waals surface area contributed by atoms with Gasteiger partial charge in [-0.2, -0.15) is 0 Å². The summed E-state index contributed by atoms with van der Waals surface area (Å²) in [5, 5.41) is 5.83. The maximum Gasteiger partial charge on any atom is 0.513 e. The van der Waals surface area contributed by atoms with Crippen LogP contribution in [-0.4, -0.2) is 24.6 Å². The monoisotopic (exact) mass is 424 g/mol. The quantitative estimate of drug-likeness (QED) is 0.498. The third kappa shape index (κ3) is 6.84. The molecular formula is C24H28N2O5. The summed E-state index contributed by atoms with van der Waals surface area (Å²) in [5.41, 5.74) is 2.14. The second-order valence-electron chi connectivity index (χ2n) is 7.51. The molecule has 3 rings (SSSR count). The lowest BCUT2D eigenvalue weighted by Gasteiger charge is -2.20. The predicted molar refractivity (Wildman–Crippen MR) is 117 cm³/mol. The lowest BCUT2D eigenvalue weighted by molar-refractivity contribution is -0.120. The van der Waals surface area contributed by atoms with E-state index in [0.717, 1.165) is 36.9 Å². The zero-order valence-electron chi connectivity index (χ0n) is 17.7. The molecule has 2 aromatic carbocycles. The Kier molecular flexibility index (Phi) is 8.04. The van der Waals surface area contributed by atoms with Crippen molar-refractivity contribution >= 4 is 23.7 Å². The third-order valence-corrected chi connectivity index (χ3v) is 5.23. The van der Waals surface area contributed by atoms with Crippen LogP contribution in [0.2, 0.25) is 0 Å². The van der Waals surface area contributed by atoms with E-state index in [0.29, 0.717) is 17.9 Å². The standard InChI is InChI=1S/C24H28N2O5/c1-2-30-24(29)31-21-14-10-19(11-15-21)22(27)25-16-17-8-12-20(13-9-17)26-23(28)18-6-4-3-5-7-18/h8-15,18H,2-7,16H2,1H3,(H,25,27)(H,26,28). The van der Waals surface area contributed by atoms with E-state index < -0.39 is 6.16 Å². The maximum atomic E-state index is 12.3. The smallest absolute Gasteiger partial charge is 0.434 e. The van der Waals surface area contributed by atoms with E-state index in [1.165, 1.54) is 18.6 Å². The van der Waals surface area contributed by atoms with Crippen molar-refractivity contribution in [2.24, 2.45) is 5.92 Å². The van der Waals surface area contributed by atoms with Gasteiger partial charge in [0, 0.05) is 23.7 Å². The van der Waals surface area contributed by atoms with Crippen molar-refractivity contribution in [1.82, 2.24) is 5.32 Å². The fourth-order valence-electron chi connectivity index (χ4n) is 3.52. The minimum Gasteiger partial charge on any atom is -0.434 e. The number of anilines is 1. The molecule has 0 aliphatic heterocycles. The summed E-state index contributed by atoms with van der Waals surface area (Å²) >= 11 is 0. The third-order valence-electron chi connectivity index (χ3n) is 5.23. The molecule has 1 saturated carbocycles. The Balaban J connectivity index is 1.46. The van der Waals surface area contributed by atoms with Gasteiger partial charge < -0.3 is 20.1 Å². The Labute approximate surface area is 182 Å². The molecule has 2 N–H and O–H groups in total. The van der Waals surface area contributed by atoms with Crippen molar-refractivity contribution in [1.29, 1.82) is 0 Å². The molecule has 7 heteroatoms. The summed E-state index contributed by atoms with van der Waals surface area (Å²) in [6.07, 6.45) is 4.61. The highest BCUT2D eigenvalue weighted by Gasteiger charge is 2.20. The van der Waals surface area contributed by atoms with E-state index in [1.54, 1.807) is 19.1 Å². The van der Waals surface area contributed by atoms with Crippen LogP contribution in [0.5, 0.6) is 5.75 Å². The first-order chi connectivity index (χ1) is 15.0. The molecule has 0 radical (unpaired) electrons.